The van der Waals surface area contributed by atoms with Crippen LogP contribution in [0.15, 0.2) is 18.3 Å². The van der Waals surface area contributed by atoms with Gasteiger partial charge in [-0.15, -0.1) is 0 Å². The average molecular weight is 340 g/mol. The Morgan fingerprint density at radius 3 is 2.52 bits per heavy atom. The summed E-state index contributed by atoms with van der Waals surface area (Å²) in [7, 11) is 5.05. The Kier molecular flexibility index (Phi) is 3.71. The van der Waals surface area contributed by atoms with Crippen LogP contribution in [-0.4, -0.2) is 43.7 Å². The summed E-state index contributed by atoms with van der Waals surface area (Å²) in [6.07, 6.45) is 3.03. The number of methoxy groups -OCH3 is 2. The van der Waals surface area contributed by atoms with Crippen LogP contribution in [0.4, 0.5) is 11.8 Å². The van der Waals surface area contributed by atoms with Crippen molar-refractivity contribution in [3.05, 3.63) is 35.0 Å². The van der Waals surface area contributed by atoms with Gasteiger partial charge in [0.05, 0.1) is 20.6 Å². The average Bonchev–Trinajstić information content (AvgIpc) is 2.93. The number of benzene rings is 1. The zero-order valence-corrected chi connectivity index (χ0v) is 14.6. The molecule has 4 rings (SSSR count). The summed E-state index contributed by atoms with van der Waals surface area (Å²) in [5.74, 6) is 2.91. The van der Waals surface area contributed by atoms with E-state index >= 15 is 0 Å². The van der Waals surface area contributed by atoms with E-state index in [9.17, 15) is 4.79 Å². The van der Waals surface area contributed by atoms with Crippen molar-refractivity contribution in [1.82, 2.24) is 9.97 Å². The van der Waals surface area contributed by atoms with Crippen molar-refractivity contribution in [1.29, 1.82) is 0 Å². The van der Waals surface area contributed by atoms with E-state index in [-0.39, 0.29) is 5.91 Å². The molecule has 1 aromatic heterocycles. The van der Waals surface area contributed by atoms with E-state index in [0.717, 1.165) is 30.0 Å². The highest BCUT2D eigenvalue weighted by molar-refractivity contribution is 5.99. The van der Waals surface area contributed by atoms with Crippen molar-refractivity contribution in [3.63, 3.8) is 0 Å². The van der Waals surface area contributed by atoms with Gasteiger partial charge in [-0.05, 0) is 29.7 Å². The topological polar surface area (TPSA) is 67.8 Å². The minimum absolute atomic E-state index is 0.0577. The number of ether oxygens (including phenoxy) is 2. The van der Waals surface area contributed by atoms with Gasteiger partial charge in [0.15, 0.2) is 11.5 Å². The summed E-state index contributed by atoms with van der Waals surface area (Å²) < 4.78 is 10.8. The first-order chi connectivity index (χ1) is 12.1. The molecule has 0 bridgehead atoms. The molecule has 3 heterocycles. The third-order valence-corrected chi connectivity index (χ3v) is 4.86. The van der Waals surface area contributed by atoms with Crippen LogP contribution in [0.5, 0.6) is 11.5 Å². The molecule has 0 aliphatic carbocycles. The van der Waals surface area contributed by atoms with Gasteiger partial charge in [0.1, 0.15) is 5.82 Å². The van der Waals surface area contributed by atoms with Crippen molar-refractivity contribution < 1.29 is 14.3 Å². The number of carbonyl (C=O) groups is 1. The van der Waals surface area contributed by atoms with E-state index in [1.807, 2.05) is 12.1 Å². The van der Waals surface area contributed by atoms with Gasteiger partial charge in [0.2, 0.25) is 11.9 Å². The molecule has 0 fully saturated rings. The molecule has 0 atom stereocenters. The van der Waals surface area contributed by atoms with Gasteiger partial charge in [-0.25, -0.2) is 4.98 Å². The lowest BCUT2D eigenvalue weighted by atomic mass is 9.99. The van der Waals surface area contributed by atoms with E-state index < -0.39 is 0 Å². The van der Waals surface area contributed by atoms with Crippen LogP contribution in [0.3, 0.4) is 0 Å². The van der Waals surface area contributed by atoms with Crippen molar-refractivity contribution >= 4 is 17.7 Å². The second kappa shape index (κ2) is 5.91. The second-order valence-electron chi connectivity index (χ2n) is 6.30. The Hall–Kier alpha value is -2.83. The van der Waals surface area contributed by atoms with Gasteiger partial charge in [-0.3, -0.25) is 9.69 Å². The maximum atomic E-state index is 11.8. The van der Waals surface area contributed by atoms with E-state index in [1.165, 1.54) is 11.1 Å². The van der Waals surface area contributed by atoms with Crippen molar-refractivity contribution in [3.8, 4) is 11.5 Å². The molecule has 2 aromatic rings. The lowest BCUT2D eigenvalue weighted by Crippen LogP contribution is -2.32. The van der Waals surface area contributed by atoms with Crippen molar-refractivity contribution in [2.24, 2.45) is 0 Å². The van der Waals surface area contributed by atoms with Crippen molar-refractivity contribution in [2.75, 3.05) is 37.6 Å². The lowest BCUT2D eigenvalue weighted by molar-refractivity contribution is -0.117. The standard InChI is InChI=1S/C18H20N4O3/c1-21-16(23)8-12-9-19-18(20-17(12)21)22-5-4-11-6-14(24-2)15(25-3)7-13(11)10-22/h6-7,9H,4-5,8,10H2,1-3H3. The molecule has 7 heteroatoms. The van der Waals surface area contributed by atoms with Gasteiger partial charge in [0, 0.05) is 31.9 Å². The Balaban J connectivity index is 1.64. The van der Waals surface area contributed by atoms with Crippen LogP contribution in [0.2, 0.25) is 0 Å². The highest BCUT2D eigenvalue weighted by Crippen LogP contribution is 2.34. The minimum atomic E-state index is 0.0577. The number of hydrogen-bond donors (Lipinski definition) is 0. The quantitative estimate of drug-likeness (QED) is 0.845. The number of rotatable bonds is 3. The Labute approximate surface area is 146 Å². The third kappa shape index (κ3) is 2.56. The molecule has 25 heavy (non-hydrogen) atoms. The van der Waals surface area contributed by atoms with Gasteiger partial charge in [-0.2, -0.15) is 4.98 Å². The van der Waals surface area contributed by atoms with E-state index in [4.69, 9.17) is 9.47 Å². The molecule has 2 aliphatic rings. The fraction of sp³-hybridized carbons (Fsp3) is 0.389. The molecular formula is C18H20N4O3. The maximum Gasteiger partial charge on any atom is 0.232 e. The molecule has 0 radical (unpaired) electrons. The smallest absolute Gasteiger partial charge is 0.232 e. The van der Waals surface area contributed by atoms with Gasteiger partial charge < -0.3 is 14.4 Å². The van der Waals surface area contributed by atoms with Crippen LogP contribution in [-0.2, 0) is 24.2 Å². The Morgan fingerprint density at radius 1 is 1.08 bits per heavy atom. The predicted octanol–water partition coefficient (Wildman–Crippen LogP) is 1.58. The highest BCUT2D eigenvalue weighted by atomic mass is 16.5. The highest BCUT2D eigenvalue weighted by Gasteiger charge is 2.28. The number of likely N-dealkylation sites (N-methyl/N-ethyl adjacent to an activating group) is 1. The zero-order valence-electron chi connectivity index (χ0n) is 14.6. The number of nitrogens with zero attached hydrogens (tertiary/aromatic N) is 4. The SMILES string of the molecule is COc1cc2c(cc1OC)CN(c1ncc3c(n1)N(C)C(=O)C3)CC2. The normalized spacial score (nSPS) is 15.9. The second-order valence-corrected chi connectivity index (χ2v) is 6.30. The molecular weight excluding hydrogens is 320 g/mol. The van der Waals surface area contributed by atoms with Crippen molar-refractivity contribution in [2.45, 2.75) is 19.4 Å². The number of carbonyl (C=O) groups excluding carboxylic acids is 1. The third-order valence-electron chi connectivity index (χ3n) is 4.86. The molecule has 0 spiro atoms. The van der Waals surface area contributed by atoms with Crippen LogP contribution in [0.1, 0.15) is 16.7 Å². The molecule has 7 nitrogen and oxygen atoms in total. The fourth-order valence-electron chi connectivity index (χ4n) is 3.41. The largest absolute Gasteiger partial charge is 0.493 e. The summed E-state index contributed by atoms with van der Waals surface area (Å²) in [6.45, 7) is 1.52. The number of hydrogen-bond acceptors (Lipinski definition) is 6. The van der Waals surface area contributed by atoms with Crippen LogP contribution in [0, 0.1) is 0 Å². The molecule has 1 amide bonds. The Bertz CT molecular complexity index is 852. The Morgan fingerprint density at radius 2 is 1.80 bits per heavy atom. The number of fused-ring (bicyclic) bond motifs is 2. The van der Waals surface area contributed by atoms with Gasteiger partial charge in [0.25, 0.3) is 0 Å². The summed E-state index contributed by atoms with van der Waals surface area (Å²) in [5, 5.41) is 0. The fourth-order valence-corrected chi connectivity index (χ4v) is 3.41. The number of aromatic nitrogens is 2. The van der Waals surface area contributed by atoms with Crippen LogP contribution >= 0.6 is 0 Å². The van der Waals surface area contributed by atoms with Crippen LogP contribution in [0.25, 0.3) is 0 Å². The van der Waals surface area contributed by atoms with E-state index in [0.29, 0.717) is 24.7 Å². The monoisotopic (exact) mass is 340 g/mol. The van der Waals surface area contributed by atoms with Gasteiger partial charge >= 0.3 is 0 Å². The zero-order chi connectivity index (χ0) is 17.6. The number of amides is 1. The summed E-state index contributed by atoms with van der Waals surface area (Å²) >= 11 is 0. The summed E-state index contributed by atoms with van der Waals surface area (Å²) in [5.41, 5.74) is 3.32. The van der Waals surface area contributed by atoms with E-state index in [2.05, 4.69) is 14.9 Å². The molecule has 0 saturated heterocycles. The summed E-state index contributed by atoms with van der Waals surface area (Å²) in [4.78, 5) is 24.7. The molecule has 2 aliphatic heterocycles. The van der Waals surface area contributed by atoms with Crippen LogP contribution < -0.4 is 19.3 Å². The predicted molar refractivity (Wildman–Crippen MR) is 93.4 cm³/mol. The molecule has 1 aromatic carbocycles. The molecule has 0 unspecified atom stereocenters. The first-order valence-electron chi connectivity index (χ1n) is 8.22. The molecule has 130 valence electrons. The maximum absolute atomic E-state index is 11.8. The lowest BCUT2D eigenvalue weighted by Gasteiger charge is -2.30. The molecule has 0 saturated carbocycles. The first-order valence-corrected chi connectivity index (χ1v) is 8.22. The van der Waals surface area contributed by atoms with Gasteiger partial charge in [-0.1, -0.05) is 0 Å². The van der Waals surface area contributed by atoms with E-state index in [1.54, 1.807) is 32.4 Å². The molecule has 0 N–H and O–H groups in total. The summed E-state index contributed by atoms with van der Waals surface area (Å²) in [6, 6.07) is 4.06. The minimum Gasteiger partial charge on any atom is -0.493 e. The number of anilines is 2. The first kappa shape index (κ1) is 15.7.